The molecule has 2 aromatic rings. The summed E-state index contributed by atoms with van der Waals surface area (Å²) < 4.78 is 12.8. The molecule has 0 aliphatic carbocycles. The molecule has 0 heterocycles. The average molecular weight is 343 g/mol. The number of halogens is 1. The zero-order valence-corrected chi connectivity index (χ0v) is 13.7. The molecular weight excluding hydrogens is 325 g/mol. The van der Waals surface area contributed by atoms with E-state index in [0.717, 1.165) is 5.56 Å². The third kappa shape index (κ3) is 5.24. The van der Waals surface area contributed by atoms with E-state index in [1.807, 2.05) is 13.0 Å². The number of carboxylic acid groups (broad SMARTS) is 1. The van der Waals surface area contributed by atoms with Crippen molar-refractivity contribution in [1.29, 1.82) is 0 Å². The van der Waals surface area contributed by atoms with Crippen LogP contribution < -0.4 is 5.32 Å². The molecule has 2 aromatic carbocycles. The van der Waals surface area contributed by atoms with Crippen molar-refractivity contribution in [3.8, 4) is 0 Å². The van der Waals surface area contributed by atoms with Crippen molar-refractivity contribution in [2.45, 2.75) is 25.8 Å². The van der Waals surface area contributed by atoms with Gasteiger partial charge in [-0.05, 0) is 36.8 Å². The normalized spacial score (nSPS) is 11.6. The molecule has 0 bridgehead atoms. The van der Waals surface area contributed by atoms with Crippen LogP contribution in [0, 0.1) is 12.7 Å². The van der Waals surface area contributed by atoms with Crippen LogP contribution in [0.5, 0.6) is 0 Å². The number of hydrogen-bond donors (Lipinski definition) is 2. The number of rotatable bonds is 7. The third-order valence-electron chi connectivity index (χ3n) is 3.67. The predicted octanol–water partition coefficient (Wildman–Crippen LogP) is 3.04. The zero-order chi connectivity index (χ0) is 18.4. The summed E-state index contributed by atoms with van der Waals surface area (Å²) in [7, 11) is 0. The molecule has 2 rings (SSSR count). The van der Waals surface area contributed by atoms with Crippen LogP contribution in [0.3, 0.4) is 0 Å². The fraction of sp³-hybridized carbons (Fsp3) is 0.211. The molecule has 0 fully saturated rings. The lowest BCUT2D eigenvalue weighted by atomic mass is 10.0. The fourth-order valence-corrected chi connectivity index (χ4v) is 2.38. The first-order valence-corrected chi connectivity index (χ1v) is 7.74. The molecule has 0 aliphatic heterocycles. The smallest absolute Gasteiger partial charge is 0.330 e. The van der Waals surface area contributed by atoms with Gasteiger partial charge in [0.25, 0.3) is 0 Å². The molecule has 25 heavy (non-hydrogen) atoms. The van der Waals surface area contributed by atoms with E-state index < -0.39 is 23.7 Å². The second-order valence-electron chi connectivity index (χ2n) is 5.68. The van der Waals surface area contributed by atoms with Crippen LogP contribution in [0.25, 0.3) is 0 Å². The second-order valence-corrected chi connectivity index (χ2v) is 5.68. The first-order chi connectivity index (χ1) is 11.9. The maximum absolute atomic E-state index is 12.8. The van der Waals surface area contributed by atoms with Gasteiger partial charge >= 0.3 is 5.97 Å². The van der Waals surface area contributed by atoms with Gasteiger partial charge < -0.3 is 10.4 Å². The lowest BCUT2D eigenvalue weighted by Crippen LogP contribution is -2.33. The Morgan fingerprint density at radius 1 is 1.08 bits per heavy atom. The van der Waals surface area contributed by atoms with Crippen molar-refractivity contribution in [2.75, 3.05) is 0 Å². The van der Waals surface area contributed by atoms with Gasteiger partial charge in [-0.2, -0.15) is 0 Å². The highest BCUT2D eigenvalue weighted by molar-refractivity contribution is 5.98. The van der Waals surface area contributed by atoms with E-state index in [1.165, 1.54) is 24.3 Å². The van der Waals surface area contributed by atoms with Gasteiger partial charge in [0.1, 0.15) is 5.82 Å². The molecule has 0 aliphatic rings. The number of Topliss-reactive ketones (excluding diaryl/α,β-unsaturated/α-hetero) is 1. The lowest BCUT2D eigenvalue weighted by molar-refractivity contribution is -0.142. The van der Waals surface area contributed by atoms with E-state index in [1.54, 1.807) is 18.2 Å². The van der Waals surface area contributed by atoms with Crippen LogP contribution in [0.2, 0.25) is 0 Å². The number of nitrogens with one attached hydrogen (secondary N) is 1. The van der Waals surface area contributed by atoms with Crippen molar-refractivity contribution in [1.82, 2.24) is 5.32 Å². The minimum Gasteiger partial charge on any atom is -0.479 e. The molecule has 1 atom stereocenters. The minimum atomic E-state index is -1.18. The number of amides is 1. The summed E-state index contributed by atoms with van der Waals surface area (Å²) in [5.74, 6) is -2.47. The average Bonchev–Trinajstić information content (AvgIpc) is 2.58. The summed E-state index contributed by atoms with van der Waals surface area (Å²) >= 11 is 0. The first kappa shape index (κ1) is 18.3. The van der Waals surface area contributed by atoms with E-state index in [4.69, 9.17) is 0 Å². The Morgan fingerprint density at radius 3 is 2.36 bits per heavy atom. The Kier molecular flexibility index (Phi) is 6.00. The predicted molar refractivity (Wildman–Crippen MR) is 89.7 cm³/mol. The second kappa shape index (κ2) is 8.19. The van der Waals surface area contributed by atoms with Crippen molar-refractivity contribution in [3.63, 3.8) is 0 Å². The topological polar surface area (TPSA) is 83.5 Å². The van der Waals surface area contributed by atoms with Crippen molar-refractivity contribution in [2.24, 2.45) is 0 Å². The largest absolute Gasteiger partial charge is 0.479 e. The molecule has 2 N–H and O–H groups in total. The highest BCUT2D eigenvalue weighted by Gasteiger charge is 2.22. The fourth-order valence-electron chi connectivity index (χ4n) is 2.38. The Bertz CT molecular complexity index is 786. The van der Waals surface area contributed by atoms with Crippen LogP contribution >= 0.6 is 0 Å². The Morgan fingerprint density at radius 2 is 1.76 bits per heavy atom. The van der Waals surface area contributed by atoms with Crippen molar-refractivity contribution in [3.05, 3.63) is 71.0 Å². The van der Waals surface area contributed by atoms with E-state index in [-0.39, 0.29) is 18.6 Å². The summed E-state index contributed by atoms with van der Waals surface area (Å²) in [6.45, 7) is 1.82. The molecule has 5 nitrogen and oxygen atoms in total. The van der Waals surface area contributed by atoms with Gasteiger partial charge in [0.15, 0.2) is 11.8 Å². The third-order valence-corrected chi connectivity index (χ3v) is 3.67. The Balaban J connectivity index is 1.96. The molecular formula is C19H18FNO4. The lowest BCUT2D eigenvalue weighted by Gasteiger charge is -2.15. The number of aryl methyl sites for hydroxylation is 1. The number of carboxylic acids is 1. The van der Waals surface area contributed by atoms with Gasteiger partial charge in [-0.15, -0.1) is 0 Å². The summed E-state index contributed by atoms with van der Waals surface area (Å²) in [4.78, 5) is 35.4. The van der Waals surface area contributed by atoms with E-state index in [9.17, 15) is 23.9 Å². The van der Waals surface area contributed by atoms with E-state index in [2.05, 4.69) is 5.32 Å². The summed E-state index contributed by atoms with van der Waals surface area (Å²) in [5.41, 5.74) is 1.65. The zero-order valence-electron chi connectivity index (χ0n) is 13.7. The Hall–Kier alpha value is -3.02. The molecule has 0 radical (unpaired) electrons. The maximum Gasteiger partial charge on any atom is 0.330 e. The van der Waals surface area contributed by atoms with Gasteiger partial charge in [-0.25, -0.2) is 9.18 Å². The van der Waals surface area contributed by atoms with Crippen molar-refractivity contribution < 1.29 is 23.9 Å². The number of carbonyl (C=O) groups is 3. The molecule has 0 spiro atoms. The number of carbonyl (C=O) groups excluding carboxylic acids is 2. The Labute approximate surface area is 144 Å². The number of ketones is 1. The summed E-state index contributed by atoms with van der Waals surface area (Å²) in [6.07, 6.45) is -0.233. The van der Waals surface area contributed by atoms with Gasteiger partial charge in [-0.3, -0.25) is 9.59 Å². The van der Waals surface area contributed by atoms with Crippen LogP contribution in [0.4, 0.5) is 4.39 Å². The molecule has 130 valence electrons. The van der Waals surface area contributed by atoms with E-state index in [0.29, 0.717) is 11.1 Å². The van der Waals surface area contributed by atoms with Gasteiger partial charge in [0, 0.05) is 18.4 Å². The standard InChI is InChI=1S/C19H18FNO4/c1-12-3-2-4-14(11-12)18(19(24)25)21-17(23)10-9-16(22)13-5-7-15(20)8-6-13/h2-8,11,18H,9-10H2,1H3,(H,21,23)(H,24,25). The number of hydrogen-bond acceptors (Lipinski definition) is 3. The van der Waals surface area contributed by atoms with Crippen LogP contribution in [-0.4, -0.2) is 22.8 Å². The monoisotopic (exact) mass is 343 g/mol. The summed E-state index contributed by atoms with van der Waals surface area (Å²) in [5, 5.41) is 11.8. The van der Waals surface area contributed by atoms with Crippen molar-refractivity contribution >= 4 is 17.7 Å². The van der Waals surface area contributed by atoms with E-state index >= 15 is 0 Å². The quantitative estimate of drug-likeness (QED) is 0.757. The number of benzene rings is 2. The highest BCUT2D eigenvalue weighted by Crippen LogP contribution is 2.15. The van der Waals surface area contributed by atoms with Crippen LogP contribution in [-0.2, 0) is 9.59 Å². The van der Waals surface area contributed by atoms with Gasteiger partial charge in [-0.1, -0.05) is 29.8 Å². The first-order valence-electron chi connectivity index (χ1n) is 7.74. The molecule has 0 saturated carbocycles. The molecule has 1 amide bonds. The molecule has 0 aromatic heterocycles. The molecule has 1 unspecified atom stereocenters. The van der Waals surface area contributed by atoms with Gasteiger partial charge in [0.2, 0.25) is 5.91 Å². The minimum absolute atomic E-state index is 0.0857. The SMILES string of the molecule is Cc1cccc(C(NC(=O)CCC(=O)c2ccc(F)cc2)C(=O)O)c1. The van der Waals surface area contributed by atoms with Gasteiger partial charge in [0.05, 0.1) is 0 Å². The van der Waals surface area contributed by atoms with Crippen LogP contribution in [0.1, 0.15) is 40.4 Å². The van der Waals surface area contributed by atoms with Crippen LogP contribution in [0.15, 0.2) is 48.5 Å². The molecule has 0 saturated heterocycles. The molecule has 6 heteroatoms. The maximum atomic E-state index is 12.8. The summed E-state index contributed by atoms with van der Waals surface area (Å²) in [6, 6.07) is 10.7. The number of aliphatic carboxylic acids is 1. The highest BCUT2D eigenvalue weighted by atomic mass is 19.1.